The van der Waals surface area contributed by atoms with E-state index in [-0.39, 0.29) is 17.6 Å². The van der Waals surface area contributed by atoms with Gasteiger partial charge >= 0.3 is 6.09 Å². The van der Waals surface area contributed by atoms with Gasteiger partial charge in [-0.1, -0.05) is 0 Å². The first-order valence-electron chi connectivity index (χ1n) is 8.99. The van der Waals surface area contributed by atoms with E-state index in [4.69, 9.17) is 21.7 Å². The van der Waals surface area contributed by atoms with Gasteiger partial charge in [0, 0.05) is 33.1 Å². The first kappa shape index (κ1) is 20.1. The topological polar surface area (TPSA) is 74.4 Å². The number of carbonyl (C=O) groups is 2. The van der Waals surface area contributed by atoms with E-state index in [9.17, 15) is 14.0 Å². The molecule has 1 unspecified atom stereocenters. The molecule has 152 valence electrons. The first-order valence-corrected chi connectivity index (χ1v) is 9.40. The van der Waals surface area contributed by atoms with Crippen molar-refractivity contribution in [2.75, 3.05) is 56.2 Å². The van der Waals surface area contributed by atoms with Crippen molar-refractivity contribution in [2.24, 2.45) is 0 Å². The Morgan fingerprint density at radius 2 is 2.07 bits per heavy atom. The molecule has 1 atom stereocenters. The van der Waals surface area contributed by atoms with Gasteiger partial charge in [0.1, 0.15) is 11.9 Å². The minimum atomic E-state index is -0.530. The molecule has 10 heteroatoms. The van der Waals surface area contributed by atoms with Crippen molar-refractivity contribution < 1.29 is 23.5 Å². The molecule has 0 aliphatic carbocycles. The molecule has 2 saturated heterocycles. The molecule has 0 aromatic heterocycles. The van der Waals surface area contributed by atoms with Gasteiger partial charge in [-0.2, -0.15) is 0 Å². The minimum absolute atomic E-state index is 0.0262. The predicted molar refractivity (Wildman–Crippen MR) is 106 cm³/mol. The summed E-state index contributed by atoms with van der Waals surface area (Å²) in [4.78, 5) is 28.6. The van der Waals surface area contributed by atoms with E-state index in [1.54, 1.807) is 17.0 Å². The highest BCUT2D eigenvalue weighted by atomic mass is 32.1. The van der Waals surface area contributed by atoms with Crippen LogP contribution in [-0.2, 0) is 14.3 Å². The summed E-state index contributed by atoms with van der Waals surface area (Å²) in [5.41, 5.74) is 0.897. The fourth-order valence-electron chi connectivity index (χ4n) is 3.29. The zero-order valence-electron chi connectivity index (χ0n) is 15.8. The number of nitrogens with zero attached hydrogens (tertiary/aromatic N) is 3. The fourth-order valence-corrected chi connectivity index (χ4v) is 3.37. The molecule has 2 heterocycles. The molecule has 1 aromatic carbocycles. The fraction of sp³-hybridized carbons (Fsp3) is 0.500. The minimum Gasteiger partial charge on any atom is -0.474 e. The van der Waals surface area contributed by atoms with E-state index in [2.05, 4.69) is 5.32 Å². The van der Waals surface area contributed by atoms with Crippen molar-refractivity contribution in [3.63, 3.8) is 0 Å². The molecule has 2 amide bonds. The van der Waals surface area contributed by atoms with Gasteiger partial charge in [-0.3, -0.25) is 9.69 Å². The van der Waals surface area contributed by atoms with Gasteiger partial charge in [-0.15, -0.1) is 0 Å². The van der Waals surface area contributed by atoms with E-state index < -0.39 is 18.0 Å². The van der Waals surface area contributed by atoms with Crippen LogP contribution in [0.4, 0.5) is 20.6 Å². The van der Waals surface area contributed by atoms with Crippen LogP contribution in [0.2, 0.25) is 0 Å². The van der Waals surface area contributed by atoms with E-state index in [1.165, 1.54) is 25.0 Å². The molecule has 0 bridgehead atoms. The highest BCUT2D eigenvalue weighted by molar-refractivity contribution is 7.80. The Morgan fingerprint density at radius 3 is 2.68 bits per heavy atom. The number of hydrogen-bond donors (Lipinski definition) is 1. The number of cyclic esters (lactones) is 1. The molecular weight excluding hydrogens is 387 g/mol. The van der Waals surface area contributed by atoms with Gasteiger partial charge in [0.25, 0.3) is 5.17 Å². The molecule has 28 heavy (non-hydrogen) atoms. The number of piperazine rings is 1. The van der Waals surface area contributed by atoms with Crippen LogP contribution in [0.5, 0.6) is 0 Å². The number of halogens is 1. The maximum atomic E-state index is 14.7. The van der Waals surface area contributed by atoms with Gasteiger partial charge in [-0.05, 0) is 30.4 Å². The second-order valence-electron chi connectivity index (χ2n) is 6.62. The van der Waals surface area contributed by atoms with Crippen LogP contribution in [0, 0.1) is 5.82 Å². The Balaban J connectivity index is 1.63. The van der Waals surface area contributed by atoms with Crippen LogP contribution >= 0.6 is 12.2 Å². The van der Waals surface area contributed by atoms with E-state index in [1.807, 2.05) is 4.90 Å². The molecule has 8 nitrogen and oxygen atoms in total. The molecule has 0 radical (unpaired) electrons. The van der Waals surface area contributed by atoms with Gasteiger partial charge in [-0.25, -0.2) is 9.18 Å². The standard InChI is InChI=1S/C18H23FN4O4S/c1-12(24)21-5-7-22(8-6-21)16-4-3-13(9-15(16)19)23-11-14(27-18(23)25)10-20-17(28)26-2/h3-4,9,14H,5-8,10-11H2,1-2H3,(H,20,28). The largest absolute Gasteiger partial charge is 0.474 e. The van der Waals surface area contributed by atoms with Crippen molar-refractivity contribution in [1.29, 1.82) is 0 Å². The molecule has 0 saturated carbocycles. The summed E-state index contributed by atoms with van der Waals surface area (Å²) in [5.74, 6) is -0.387. The molecule has 1 N–H and O–H groups in total. The Kier molecular flexibility index (Phi) is 6.18. The summed E-state index contributed by atoms with van der Waals surface area (Å²) in [5, 5.41) is 3.06. The SMILES string of the molecule is COC(=S)NCC1CN(c2ccc(N3CCN(C(C)=O)CC3)c(F)c2)C(=O)O1. The van der Waals surface area contributed by atoms with Crippen LogP contribution < -0.4 is 15.1 Å². The van der Waals surface area contributed by atoms with Crippen LogP contribution in [-0.4, -0.2) is 74.6 Å². The van der Waals surface area contributed by atoms with Crippen LogP contribution in [0.1, 0.15) is 6.92 Å². The van der Waals surface area contributed by atoms with Crippen LogP contribution in [0.25, 0.3) is 0 Å². The normalized spacial score (nSPS) is 19.5. The Bertz CT molecular complexity index is 770. The molecule has 2 aliphatic rings. The van der Waals surface area contributed by atoms with Crippen LogP contribution in [0.3, 0.4) is 0 Å². The maximum absolute atomic E-state index is 14.7. The van der Waals surface area contributed by atoms with E-state index in [0.717, 1.165) is 0 Å². The van der Waals surface area contributed by atoms with Crippen molar-refractivity contribution in [2.45, 2.75) is 13.0 Å². The number of benzene rings is 1. The Hall–Kier alpha value is -2.62. The van der Waals surface area contributed by atoms with E-state index in [0.29, 0.717) is 44.1 Å². The lowest BCUT2D eigenvalue weighted by molar-refractivity contribution is -0.129. The van der Waals surface area contributed by atoms with Crippen molar-refractivity contribution >= 4 is 40.8 Å². The highest BCUT2D eigenvalue weighted by Crippen LogP contribution is 2.28. The number of rotatable bonds is 4. The molecule has 2 fully saturated rings. The molecule has 2 aliphatic heterocycles. The summed E-state index contributed by atoms with van der Waals surface area (Å²) in [6.07, 6.45) is -0.944. The summed E-state index contributed by atoms with van der Waals surface area (Å²) in [6, 6.07) is 4.70. The monoisotopic (exact) mass is 410 g/mol. The van der Waals surface area contributed by atoms with Crippen molar-refractivity contribution in [3.8, 4) is 0 Å². The third kappa shape index (κ3) is 4.44. The number of ether oxygens (including phenoxy) is 2. The zero-order chi connectivity index (χ0) is 20.3. The third-order valence-corrected chi connectivity index (χ3v) is 5.15. The van der Waals surface area contributed by atoms with Crippen molar-refractivity contribution in [3.05, 3.63) is 24.0 Å². The van der Waals surface area contributed by atoms with Crippen molar-refractivity contribution in [1.82, 2.24) is 10.2 Å². The molecule has 0 spiro atoms. The number of nitrogens with one attached hydrogen (secondary N) is 1. The maximum Gasteiger partial charge on any atom is 0.414 e. The number of anilines is 2. The molecular formula is C18H23FN4O4S. The average Bonchev–Trinajstić information content (AvgIpc) is 3.06. The Morgan fingerprint density at radius 1 is 1.36 bits per heavy atom. The lowest BCUT2D eigenvalue weighted by Crippen LogP contribution is -2.48. The molecule has 1 aromatic rings. The van der Waals surface area contributed by atoms with Crippen LogP contribution in [0.15, 0.2) is 18.2 Å². The number of amides is 2. The average molecular weight is 410 g/mol. The second kappa shape index (κ2) is 8.59. The number of carbonyl (C=O) groups excluding carboxylic acids is 2. The highest BCUT2D eigenvalue weighted by Gasteiger charge is 2.33. The summed E-state index contributed by atoms with van der Waals surface area (Å²) in [7, 11) is 1.45. The van der Waals surface area contributed by atoms with Gasteiger partial charge in [0.2, 0.25) is 5.91 Å². The summed E-state index contributed by atoms with van der Waals surface area (Å²) in [6.45, 7) is 4.39. The van der Waals surface area contributed by atoms with Gasteiger partial charge in [0.05, 0.1) is 31.6 Å². The lowest BCUT2D eigenvalue weighted by atomic mass is 10.2. The number of methoxy groups -OCH3 is 1. The molecule has 3 rings (SSSR count). The van der Waals surface area contributed by atoms with E-state index >= 15 is 0 Å². The quantitative estimate of drug-likeness (QED) is 0.751. The smallest absolute Gasteiger partial charge is 0.414 e. The summed E-state index contributed by atoms with van der Waals surface area (Å²) >= 11 is 4.89. The third-order valence-electron chi connectivity index (χ3n) is 4.84. The lowest BCUT2D eigenvalue weighted by Gasteiger charge is -2.35. The van der Waals surface area contributed by atoms with Gasteiger partial charge < -0.3 is 24.6 Å². The first-order chi connectivity index (χ1) is 13.4. The zero-order valence-corrected chi connectivity index (χ0v) is 16.6. The number of hydrogen-bond acceptors (Lipinski definition) is 6. The van der Waals surface area contributed by atoms with Gasteiger partial charge in [0.15, 0.2) is 0 Å². The Labute approximate surface area is 168 Å². The predicted octanol–water partition coefficient (Wildman–Crippen LogP) is 1.34. The second-order valence-corrected chi connectivity index (χ2v) is 6.99. The summed E-state index contributed by atoms with van der Waals surface area (Å²) < 4.78 is 24.8. The number of thiocarbonyl (C=S) groups is 1.